The Kier molecular flexibility index (Phi) is 5.30. The van der Waals surface area contributed by atoms with Crippen LogP contribution in [0.2, 0.25) is 0 Å². The maximum Gasteiger partial charge on any atom is 0.119 e. The van der Waals surface area contributed by atoms with Crippen molar-refractivity contribution >= 4 is 5.69 Å². The van der Waals surface area contributed by atoms with Crippen LogP contribution < -0.4 is 25.2 Å². The highest BCUT2D eigenvalue weighted by molar-refractivity contribution is 5.61. The van der Waals surface area contributed by atoms with Gasteiger partial charge in [0.15, 0.2) is 0 Å². The second kappa shape index (κ2) is 8.25. The zero-order valence-corrected chi connectivity index (χ0v) is 18.3. The van der Waals surface area contributed by atoms with E-state index < -0.39 is 0 Å². The molecule has 5 rings (SSSR count). The van der Waals surface area contributed by atoms with Crippen molar-refractivity contribution in [1.29, 1.82) is 0 Å². The van der Waals surface area contributed by atoms with Gasteiger partial charge in [0.25, 0.3) is 0 Å². The summed E-state index contributed by atoms with van der Waals surface area (Å²) < 4.78 is 10.9. The van der Waals surface area contributed by atoms with Crippen molar-refractivity contribution < 1.29 is 9.47 Å². The number of nitrogens with one attached hydrogen (secondary N) is 2. The second-order valence-electron chi connectivity index (χ2n) is 8.48. The van der Waals surface area contributed by atoms with Gasteiger partial charge in [-0.05, 0) is 53.9 Å². The molecule has 160 valence electrons. The minimum atomic E-state index is 0.218. The van der Waals surface area contributed by atoms with Gasteiger partial charge in [0.2, 0.25) is 0 Å². The second-order valence-corrected chi connectivity index (χ2v) is 8.48. The topological polar surface area (TPSA) is 45.8 Å². The number of hydrogen-bond donors (Lipinski definition) is 2. The summed E-state index contributed by atoms with van der Waals surface area (Å²) in [5.74, 6) is 2.16. The fraction of sp³-hybridized carbons (Fsp3) is 0.308. The predicted molar refractivity (Wildman–Crippen MR) is 123 cm³/mol. The van der Waals surface area contributed by atoms with E-state index in [2.05, 4.69) is 77.3 Å². The number of ether oxygens (including phenoxy) is 2. The van der Waals surface area contributed by atoms with Gasteiger partial charge in [0, 0.05) is 24.7 Å². The molecular formula is C26H29N3O2. The van der Waals surface area contributed by atoms with Crippen molar-refractivity contribution in [3.05, 3.63) is 89.0 Å². The summed E-state index contributed by atoms with van der Waals surface area (Å²) in [5, 5.41) is 0. The zero-order chi connectivity index (χ0) is 21.4. The summed E-state index contributed by atoms with van der Waals surface area (Å²) >= 11 is 0. The Bertz CT molecular complexity index is 1070. The van der Waals surface area contributed by atoms with Crippen LogP contribution in [0, 0.1) is 12.8 Å². The Balaban J connectivity index is 1.50. The average Bonchev–Trinajstić information content (AvgIpc) is 3.23. The lowest BCUT2D eigenvalue weighted by Crippen LogP contribution is -2.39. The van der Waals surface area contributed by atoms with Crippen LogP contribution in [0.25, 0.3) is 0 Å². The smallest absolute Gasteiger partial charge is 0.119 e. The highest BCUT2D eigenvalue weighted by atomic mass is 16.5. The van der Waals surface area contributed by atoms with Crippen LogP contribution in [0.1, 0.15) is 34.3 Å². The Morgan fingerprint density at radius 3 is 2.35 bits per heavy atom. The third kappa shape index (κ3) is 3.75. The van der Waals surface area contributed by atoms with Crippen molar-refractivity contribution in [2.24, 2.45) is 5.92 Å². The lowest BCUT2D eigenvalue weighted by molar-refractivity contribution is 0.392. The van der Waals surface area contributed by atoms with E-state index in [9.17, 15) is 0 Å². The molecule has 1 saturated heterocycles. The van der Waals surface area contributed by atoms with E-state index in [1.807, 2.05) is 12.1 Å². The van der Waals surface area contributed by atoms with Crippen LogP contribution in [0.4, 0.5) is 5.69 Å². The SMILES string of the molecule is COc1ccc(C2NNC3c4cc(OC)ccc4N(Cc4cccc(C)c4)CC23)cc1. The van der Waals surface area contributed by atoms with E-state index in [1.54, 1.807) is 14.2 Å². The molecule has 0 aromatic heterocycles. The maximum absolute atomic E-state index is 5.55. The van der Waals surface area contributed by atoms with Crippen molar-refractivity contribution in [2.75, 3.05) is 25.7 Å². The molecule has 2 aliphatic heterocycles. The summed E-state index contributed by atoms with van der Waals surface area (Å²) in [6, 6.07) is 24.1. The van der Waals surface area contributed by atoms with Crippen molar-refractivity contribution in [2.45, 2.75) is 25.6 Å². The molecule has 0 saturated carbocycles. The predicted octanol–water partition coefficient (Wildman–Crippen LogP) is 4.54. The maximum atomic E-state index is 5.55. The lowest BCUT2D eigenvalue weighted by Gasteiger charge is -2.39. The number of aryl methyl sites for hydroxylation is 1. The molecular weight excluding hydrogens is 386 g/mol. The van der Waals surface area contributed by atoms with Crippen LogP contribution in [0.5, 0.6) is 11.5 Å². The molecule has 1 fully saturated rings. The molecule has 2 heterocycles. The number of benzene rings is 3. The monoisotopic (exact) mass is 415 g/mol. The number of rotatable bonds is 5. The molecule has 0 amide bonds. The summed E-state index contributed by atoms with van der Waals surface area (Å²) in [7, 11) is 3.43. The number of hydrogen-bond acceptors (Lipinski definition) is 5. The molecule has 0 spiro atoms. The Labute approximate surface area is 184 Å². The highest BCUT2D eigenvalue weighted by Crippen LogP contribution is 2.46. The molecule has 0 aliphatic carbocycles. The minimum Gasteiger partial charge on any atom is -0.497 e. The molecule has 5 heteroatoms. The van der Waals surface area contributed by atoms with E-state index in [1.165, 1.54) is 27.9 Å². The van der Waals surface area contributed by atoms with Crippen molar-refractivity contribution in [3.63, 3.8) is 0 Å². The molecule has 3 atom stereocenters. The third-order valence-electron chi connectivity index (χ3n) is 6.52. The summed E-state index contributed by atoms with van der Waals surface area (Å²) in [6.45, 7) is 4.01. The van der Waals surface area contributed by atoms with Crippen LogP contribution in [0.15, 0.2) is 66.7 Å². The Morgan fingerprint density at radius 1 is 0.871 bits per heavy atom. The molecule has 2 aliphatic rings. The first-order chi connectivity index (χ1) is 15.2. The van der Waals surface area contributed by atoms with E-state index >= 15 is 0 Å². The Hall–Kier alpha value is -3.02. The molecule has 5 nitrogen and oxygen atoms in total. The molecule has 31 heavy (non-hydrogen) atoms. The van der Waals surface area contributed by atoms with Gasteiger partial charge in [0.05, 0.1) is 26.3 Å². The van der Waals surface area contributed by atoms with Crippen LogP contribution >= 0.6 is 0 Å². The van der Waals surface area contributed by atoms with Gasteiger partial charge in [-0.15, -0.1) is 0 Å². The highest BCUT2D eigenvalue weighted by Gasteiger charge is 2.43. The summed E-state index contributed by atoms with van der Waals surface area (Å²) in [5.41, 5.74) is 13.6. The number of hydrazine groups is 1. The van der Waals surface area contributed by atoms with E-state index in [4.69, 9.17) is 9.47 Å². The minimum absolute atomic E-state index is 0.218. The number of anilines is 1. The molecule has 3 aromatic carbocycles. The molecule has 2 N–H and O–H groups in total. The molecule has 0 bridgehead atoms. The Morgan fingerprint density at radius 2 is 1.61 bits per heavy atom. The quantitative estimate of drug-likeness (QED) is 0.641. The van der Waals surface area contributed by atoms with E-state index in [-0.39, 0.29) is 12.1 Å². The first-order valence-corrected chi connectivity index (χ1v) is 10.8. The summed E-state index contributed by atoms with van der Waals surface area (Å²) in [6.07, 6.45) is 0. The van der Waals surface area contributed by atoms with Gasteiger partial charge in [-0.25, -0.2) is 10.9 Å². The summed E-state index contributed by atoms with van der Waals surface area (Å²) in [4.78, 5) is 2.51. The largest absolute Gasteiger partial charge is 0.497 e. The van der Waals surface area contributed by atoms with Gasteiger partial charge >= 0.3 is 0 Å². The zero-order valence-electron chi connectivity index (χ0n) is 18.3. The third-order valence-corrected chi connectivity index (χ3v) is 6.52. The number of methoxy groups -OCH3 is 2. The fourth-order valence-corrected chi connectivity index (χ4v) is 4.98. The fourth-order valence-electron chi connectivity index (χ4n) is 4.98. The van der Waals surface area contributed by atoms with E-state index in [0.29, 0.717) is 5.92 Å². The van der Waals surface area contributed by atoms with Gasteiger partial charge in [-0.1, -0.05) is 42.0 Å². The molecule has 3 aromatic rings. The number of fused-ring (bicyclic) bond motifs is 3. The lowest BCUT2D eigenvalue weighted by atomic mass is 9.82. The average molecular weight is 416 g/mol. The van der Waals surface area contributed by atoms with Crippen LogP contribution in [0.3, 0.4) is 0 Å². The van der Waals surface area contributed by atoms with E-state index in [0.717, 1.165) is 24.6 Å². The van der Waals surface area contributed by atoms with Gasteiger partial charge in [0.1, 0.15) is 11.5 Å². The molecule has 0 radical (unpaired) electrons. The van der Waals surface area contributed by atoms with Gasteiger partial charge in [-0.3, -0.25) is 0 Å². The number of nitrogens with zero attached hydrogens (tertiary/aromatic N) is 1. The normalized spacial score (nSPS) is 22.0. The first-order valence-electron chi connectivity index (χ1n) is 10.8. The standard InChI is InChI=1S/C26H29N3O2/c1-17-5-4-6-18(13-17)15-29-16-23-25(19-7-9-20(30-2)10-8-19)27-28-26(23)22-14-21(31-3)11-12-24(22)29/h4-14,23,25-28H,15-16H2,1-3H3. The van der Waals surface area contributed by atoms with Crippen molar-refractivity contribution in [3.8, 4) is 11.5 Å². The van der Waals surface area contributed by atoms with Gasteiger partial charge in [-0.2, -0.15) is 0 Å². The van der Waals surface area contributed by atoms with Crippen molar-refractivity contribution in [1.82, 2.24) is 10.9 Å². The molecule has 3 unspecified atom stereocenters. The van der Waals surface area contributed by atoms with Gasteiger partial charge < -0.3 is 14.4 Å². The van der Waals surface area contributed by atoms with Crippen LogP contribution in [-0.2, 0) is 6.54 Å². The van der Waals surface area contributed by atoms with Crippen LogP contribution in [-0.4, -0.2) is 20.8 Å². The first kappa shape index (κ1) is 19.9.